The molecule has 0 saturated heterocycles. The van der Waals surface area contributed by atoms with Crippen LogP contribution in [0, 0.1) is 6.92 Å². The van der Waals surface area contributed by atoms with Gasteiger partial charge in [-0.1, -0.05) is 18.2 Å². The van der Waals surface area contributed by atoms with E-state index in [1.165, 1.54) is 4.88 Å². The van der Waals surface area contributed by atoms with Gasteiger partial charge in [-0.2, -0.15) is 0 Å². The molecule has 0 N–H and O–H groups in total. The molecule has 24 heavy (non-hydrogen) atoms. The zero-order valence-corrected chi connectivity index (χ0v) is 15.3. The maximum atomic E-state index is 5.90. The Bertz CT molecular complexity index is 796. The lowest BCUT2D eigenvalue weighted by Gasteiger charge is -2.22. The summed E-state index contributed by atoms with van der Waals surface area (Å²) in [5.41, 5.74) is 1.84. The molecular weight excluding hydrogens is 320 g/mol. The molecule has 0 fully saturated rings. The van der Waals surface area contributed by atoms with Gasteiger partial charge in [-0.3, -0.25) is 4.90 Å². The van der Waals surface area contributed by atoms with Crippen LogP contribution in [0.15, 0.2) is 46.2 Å². The average Bonchev–Trinajstić information content (AvgIpc) is 3.24. The Morgan fingerprint density at radius 1 is 1.25 bits per heavy atom. The van der Waals surface area contributed by atoms with Gasteiger partial charge >= 0.3 is 0 Å². The summed E-state index contributed by atoms with van der Waals surface area (Å²) in [6, 6.07) is 12.4. The molecule has 2 aromatic heterocycles. The Hall–Kier alpha value is -2.11. The van der Waals surface area contributed by atoms with E-state index < -0.39 is 0 Å². The summed E-state index contributed by atoms with van der Waals surface area (Å²) >= 11 is 1.78. The lowest BCUT2D eigenvalue weighted by molar-refractivity contribution is 0.252. The number of aromatic nitrogens is 1. The van der Waals surface area contributed by atoms with Crippen molar-refractivity contribution in [3.63, 3.8) is 0 Å². The molecule has 0 aliphatic heterocycles. The van der Waals surface area contributed by atoms with Crippen molar-refractivity contribution in [2.75, 3.05) is 14.2 Å². The smallest absolute Gasteiger partial charge is 0.230 e. The van der Waals surface area contributed by atoms with Gasteiger partial charge in [0.1, 0.15) is 11.5 Å². The van der Waals surface area contributed by atoms with E-state index in [0.29, 0.717) is 11.9 Å². The van der Waals surface area contributed by atoms with Crippen molar-refractivity contribution in [1.82, 2.24) is 9.88 Å². The Morgan fingerprint density at radius 3 is 2.75 bits per heavy atom. The van der Waals surface area contributed by atoms with Crippen molar-refractivity contribution in [3.8, 4) is 17.2 Å². The molecule has 5 heteroatoms. The average molecular weight is 342 g/mol. The SMILES string of the molecule is COc1ccccc1-c1nc(CN(C)[C@@H](C)c2cccs2)c(C)o1. The van der Waals surface area contributed by atoms with Crippen LogP contribution in [0.1, 0.15) is 29.3 Å². The number of hydrogen-bond donors (Lipinski definition) is 0. The number of para-hydroxylation sites is 1. The summed E-state index contributed by atoms with van der Waals surface area (Å²) in [6.07, 6.45) is 0. The molecule has 126 valence electrons. The van der Waals surface area contributed by atoms with Crippen molar-refractivity contribution in [1.29, 1.82) is 0 Å². The third-order valence-electron chi connectivity index (χ3n) is 4.25. The highest BCUT2D eigenvalue weighted by molar-refractivity contribution is 7.10. The van der Waals surface area contributed by atoms with Crippen LogP contribution < -0.4 is 4.74 Å². The lowest BCUT2D eigenvalue weighted by Crippen LogP contribution is -2.21. The minimum absolute atomic E-state index is 0.343. The number of benzene rings is 1. The Kier molecular flexibility index (Phi) is 5.02. The minimum atomic E-state index is 0.343. The number of nitrogens with zero attached hydrogens (tertiary/aromatic N) is 2. The van der Waals surface area contributed by atoms with Crippen molar-refractivity contribution in [3.05, 3.63) is 58.1 Å². The standard InChI is InChI=1S/C19H22N2O2S/c1-13(18-10-7-11-24-18)21(3)12-16-14(2)23-19(20-16)15-8-5-6-9-17(15)22-4/h5-11,13H,12H2,1-4H3/t13-/m0/s1. The molecule has 0 aliphatic rings. The summed E-state index contributed by atoms with van der Waals surface area (Å²) in [6.45, 7) is 4.91. The van der Waals surface area contributed by atoms with Crippen LogP contribution in [-0.4, -0.2) is 24.0 Å². The maximum absolute atomic E-state index is 5.90. The first kappa shape index (κ1) is 16.7. The van der Waals surface area contributed by atoms with Gasteiger partial charge in [-0.15, -0.1) is 11.3 Å². The van der Waals surface area contributed by atoms with Crippen LogP contribution in [0.2, 0.25) is 0 Å². The molecule has 0 unspecified atom stereocenters. The van der Waals surface area contributed by atoms with E-state index in [1.807, 2.05) is 31.2 Å². The van der Waals surface area contributed by atoms with Gasteiger partial charge in [0.2, 0.25) is 5.89 Å². The van der Waals surface area contributed by atoms with Crippen molar-refractivity contribution in [2.24, 2.45) is 0 Å². The summed E-state index contributed by atoms with van der Waals surface area (Å²) in [5, 5.41) is 2.11. The lowest BCUT2D eigenvalue weighted by atomic mass is 10.2. The number of oxazole rings is 1. The maximum Gasteiger partial charge on any atom is 0.230 e. The summed E-state index contributed by atoms with van der Waals surface area (Å²) in [4.78, 5) is 8.34. The minimum Gasteiger partial charge on any atom is -0.496 e. The third kappa shape index (κ3) is 3.37. The van der Waals surface area contributed by atoms with E-state index >= 15 is 0 Å². The van der Waals surface area contributed by atoms with E-state index in [9.17, 15) is 0 Å². The quantitative estimate of drug-likeness (QED) is 0.638. The van der Waals surface area contributed by atoms with E-state index in [2.05, 4.69) is 36.4 Å². The molecule has 3 aromatic rings. The van der Waals surface area contributed by atoms with Crippen LogP contribution in [0.4, 0.5) is 0 Å². The van der Waals surface area contributed by atoms with Crippen molar-refractivity contribution < 1.29 is 9.15 Å². The number of hydrogen-bond acceptors (Lipinski definition) is 5. The van der Waals surface area contributed by atoms with E-state index in [-0.39, 0.29) is 0 Å². The second-order valence-corrected chi connectivity index (χ2v) is 6.81. The number of rotatable bonds is 6. The predicted octanol–water partition coefficient (Wildman–Crippen LogP) is 4.91. The van der Waals surface area contributed by atoms with Gasteiger partial charge < -0.3 is 9.15 Å². The molecule has 0 radical (unpaired) electrons. The highest BCUT2D eigenvalue weighted by Crippen LogP contribution is 2.31. The molecule has 3 rings (SSSR count). The number of methoxy groups -OCH3 is 1. The molecule has 0 aliphatic carbocycles. The monoisotopic (exact) mass is 342 g/mol. The Morgan fingerprint density at radius 2 is 2.04 bits per heavy atom. The predicted molar refractivity (Wildman–Crippen MR) is 97.4 cm³/mol. The van der Waals surface area contributed by atoms with Gasteiger partial charge in [0.15, 0.2) is 0 Å². The zero-order chi connectivity index (χ0) is 17.1. The second-order valence-electron chi connectivity index (χ2n) is 5.83. The number of thiophene rings is 1. The van der Waals surface area contributed by atoms with Crippen LogP contribution in [-0.2, 0) is 6.54 Å². The Labute approximate surface area is 146 Å². The summed E-state index contributed by atoms with van der Waals surface area (Å²) in [5.74, 6) is 2.23. The van der Waals surface area contributed by atoms with Crippen molar-refractivity contribution >= 4 is 11.3 Å². The second kappa shape index (κ2) is 7.20. The topological polar surface area (TPSA) is 38.5 Å². The van der Waals surface area contributed by atoms with Gasteiger partial charge in [-0.05, 0) is 44.5 Å². The molecule has 0 spiro atoms. The Balaban J connectivity index is 1.82. The molecule has 1 aromatic carbocycles. The fourth-order valence-corrected chi connectivity index (χ4v) is 3.48. The van der Waals surface area contributed by atoms with Crippen LogP contribution in [0.25, 0.3) is 11.5 Å². The number of ether oxygens (including phenoxy) is 1. The zero-order valence-electron chi connectivity index (χ0n) is 14.4. The normalized spacial score (nSPS) is 12.5. The highest BCUT2D eigenvalue weighted by Gasteiger charge is 2.19. The number of aryl methyl sites for hydroxylation is 1. The van der Waals surface area contributed by atoms with Crippen LogP contribution >= 0.6 is 11.3 Å². The fraction of sp³-hybridized carbons (Fsp3) is 0.316. The first-order valence-corrected chi connectivity index (χ1v) is 8.81. The van der Waals surface area contributed by atoms with Crippen LogP contribution in [0.5, 0.6) is 5.75 Å². The molecule has 2 heterocycles. The van der Waals surface area contributed by atoms with Crippen LogP contribution in [0.3, 0.4) is 0 Å². The van der Waals surface area contributed by atoms with E-state index in [0.717, 1.165) is 29.3 Å². The molecule has 1 atom stereocenters. The third-order valence-corrected chi connectivity index (χ3v) is 5.29. The van der Waals surface area contributed by atoms with Gasteiger partial charge in [-0.25, -0.2) is 4.98 Å². The molecule has 4 nitrogen and oxygen atoms in total. The fourth-order valence-electron chi connectivity index (χ4n) is 2.63. The molecule has 0 amide bonds. The highest BCUT2D eigenvalue weighted by atomic mass is 32.1. The van der Waals surface area contributed by atoms with E-state index in [4.69, 9.17) is 14.1 Å². The molecule has 0 saturated carbocycles. The molecular formula is C19H22N2O2S. The first-order valence-electron chi connectivity index (χ1n) is 7.93. The van der Waals surface area contributed by atoms with E-state index in [1.54, 1.807) is 18.4 Å². The first-order chi connectivity index (χ1) is 11.6. The van der Waals surface area contributed by atoms with Gasteiger partial charge in [0.25, 0.3) is 0 Å². The summed E-state index contributed by atoms with van der Waals surface area (Å²) < 4.78 is 11.3. The largest absolute Gasteiger partial charge is 0.496 e. The molecule has 0 bridgehead atoms. The van der Waals surface area contributed by atoms with Crippen molar-refractivity contribution in [2.45, 2.75) is 26.4 Å². The summed E-state index contributed by atoms with van der Waals surface area (Å²) in [7, 11) is 3.77. The van der Waals surface area contributed by atoms with Gasteiger partial charge in [0, 0.05) is 17.5 Å². The van der Waals surface area contributed by atoms with Gasteiger partial charge in [0.05, 0.1) is 18.4 Å².